The minimum atomic E-state index is -0.881. The second-order valence-corrected chi connectivity index (χ2v) is 12.5. The lowest BCUT2D eigenvalue weighted by Gasteiger charge is -2.43. The molecule has 0 bridgehead atoms. The molecule has 0 N–H and O–H groups in total. The van der Waals surface area contributed by atoms with Crippen molar-refractivity contribution in [3.05, 3.63) is 47.5 Å². The summed E-state index contributed by atoms with van der Waals surface area (Å²) in [4.78, 5) is 15.6. The molecule has 1 aliphatic heterocycles. The third-order valence-electron chi connectivity index (χ3n) is 7.30. The first-order valence-electron chi connectivity index (χ1n) is 13.0. The van der Waals surface area contributed by atoms with Gasteiger partial charge in [-0.25, -0.2) is 4.79 Å². The summed E-state index contributed by atoms with van der Waals surface area (Å²) in [5.74, 6) is 0.453. The molecule has 0 radical (unpaired) electrons. The third kappa shape index (κ3) is 7.36. The number of carbonyl (C=O) groups is 1. The van der Waals surface area contributed by atoms with Crippen LogP contribution in [0.1, 0.15) is 101 Å². The molecular formula is C29H48BNO4. The number of amides is 1. The summed E-state index contributed by atoms with van der Waals surface area (Å²) in [6.45, 7) is 23.0. The first-order valence-corrected chi connectivity index (χ1v) is 13.0. The Kier molecular flexibility index (Phi) is 9.33. The Morgan fingerprint density at radius 3 is 2.06 bits per heavy atom. The highest BCUT2D eigenvalue weighted by Gasteiger charge is 2.61. The molecule has 5 nitrogen and oxygen atoms in total. The molecule has 6 heteroatoms. The van der Waals surface area contributed by atoms with Crippen LogP contribution in [0, 0.1) is 5.92 Å². The van der Waals surface area contributed by atoms with E-state index in [1.165, 1.54) is 5.57 Å². The fourth-order valence-corrected chi connectivity index (χ4v) is 4.25. The van der Waals surface area contributed by atoms with E-state index in [1.807, 2.05) is 90.6 Å². The number of allylic oxidation sites excluding steroid dienone is 2. The van der Waals surface area contributed by atoms with Crippen LogP contribution >= 0.6 is 0 Å². The van der Waals surface area contributed by atoms with Crippen LogP contribution in [0.2, 0.25) is 0 Å². The Morgan fingerprint density at radius 2 is 1.57 bits per heavy atom. The first kappa shape index (κ1) is 29.4. The normalized spacial score (nSPS) is 19.6. The molecule has 196 valence electrons. The lowest BCUT2D eigenvalue weighted by Crippen LogP contribution is -2.59. The fraction of sp³-hybridized carbons (Fsp3) is 0.690. The predicted molar refractivity (Wildman–Crippen MR) is 145 cm³/mol. The zero-order valence-electron chi connectivity index (χ0n) is 24.0. The summed E-state index contributed by atoms with van der Waals surface area (Å²) in [6.07, 6.45) is 4.91. The number of ether oxygens (including phenoxy) is 1. The van der Waals surface area contributed by atoms with Crippen molar-refractivity contribution in [2.75, 3.05) is 6.54 Å². The summed E-state index contributed by atoms with van der Waals surface area (Å²) in [7, 11) is -0.650. The Balaban J connectivity index is 2.47. The summed E-state index contributed by atoms with van der Waals surface area (Å²) >= 11 is 0. The number of benzene rings is 1. The Labute approximate surface area is 214 Å². The highest BCUT2D eigenvalue weighted by atomic mass is 16.7. The second-order valence-electron chi connectivity index (χ2n) is 12.5. The molecule has 2 rings (SSSR count). The maximum absolute atomic E-state index is 13.8. The van der Waals surface area contributed by atoms with Crippen molar-refractivity contribution in [3.63, 3.8) is 0 Å². The monoisotopic (exact) mass is 485 g/mol. The Hall–Kier alpha value is -1.79. The largest absolute Gasteiger partial charge is 0.490 e. The van der Waals surface area contributed by atoms with Crippen molar-refractivity contribution < 1.29 is 18.8 Å². The van der Waals surface area contributed by atoms with Gasteiger partial charge in [-0.2, -0.15) is 0 Å². The van der Waals surface area contributed by atoms with Gasteiger partial charge in [-0.3, -0.25) is 4.90 Å². The van der Waals surface area contributed by atoms with Crippen LogP contribution in [0.25, 0.3) is 0 Å². The van der Waals surface area contributed by atoms with Gasteiger partial charge in [0.25, 0.3) is 0 Å². The van der Waals surface area contributed by atoms with E-state index in [9.17, 15) is 4.79 Å². The van der Waals surface area contributed by atoms with Gasteiger partial charge in [0, 0.05) is 6.54 Å². The average Bonchev–Trinajstić information content (AvgIpc) is 2.94. The third-order valence-corrected chi connectivity index (χ3v) is 7.30. The van der Waals surface area contributed by atoms with Crippen LogP contribution in [0.3, 0.4) is 0 Å². The van der Waals surface area contributed by atoms with Gasteiger partial charge in [0.2, 0.25) is 0 Å². The van der Waals surface area contributed by atoms with Crippen molar-refractivity contribution in [2.45, 2.75) is 118 Å². The van der Waals surface area contributed by atoms with Gasteiger partial charge in [-0.1, -0.05) is 48.9 Å². The molecule has 1 fully saturated rings. The molecule has 35 heavy (non-hydrogen) atoms. The predicted octanol–water partition coefficient (Wildman–Crippen LogP) is 7.54. The SMILES string of the molecule is CC(C)=CCCC(C)CCN(C(=O)OC(C)(C)C)C(C)(B1OC(C)(C)C(C)(C)O1)c1ccccc1. The summed E-state index contributed by atoms with van der Waals surface area (Å²) in [5, 5.41) is 0. The van der Waals surface area contributed by atoms with Gasteiger partial charge in [0.15, 0.2) is 0 Å². The van der Waals surface area contributed by atoms with Crippen LogP contribution in [-0.2, 0) is 19.5 Å². The molecule has 0 aliphatic carbocycles. The highest BCUT2D eigenvalue weighted by Crippen LogP contribution is 2.45. The molecule has 1 saturated heterocycles. The summed E-state index contributed by atoms with van der Waals surface area (Å²) in [5.41, 5.74) is -0.242. The maximum Gasteiger partial charge on any atom is 0.490 e. The maximum atomic E-state index is 13.8. The van der Waals surface area contributed by atoms with E-state index in [0.717, 1.165) is 24.8 Å². The Morgan fingerprint density at radius 1 is 1.03 bits per heavy atom. The molecule has 0 aromatic heterocycles. The van der Waals surface area contributed by atoms with Crippen LogP contribution < -0.4 is 0 Å². The molecule has 1 aromatic rings. The molecule has 0 spiro atoms. The van der Waals surface area contributed by atoms with E-state index in [2.05, 4.69) is 26.8 Å². The molecule has 1 amide bonds. The van der Waals surface area contributed by atoms with Gasteiger partial charge in [0.1, 0.15) is 11.0 Å². The number of hydrogen-bond donors (Lipinski definition) is 0. The fourth-order valence-electron chi connectivity index (χ4n) is 4.25. The van der Waals surface area contributed by atoms with Gasteiger partial charge in [0.05, 0.1) is 11.2 Å². The lowest BCUT2D eigenvalue weighted by molar-refractivity contribution is 0.00411. The van der Waals surface area contributed by atoms with Crippen molar-refractivity contribution in [1.29, 1.82) is 0 Å². The number of hydrogen-bond acceptors (Lipinski definition) is 4. The van der Waals surface area contributed by atoms with Crippen molar-refractivity contribution in [2.24, 2.45) is 5.92 Å². The van der Waals surface area contributed by atoms with E-state index in [4.69, 9.17) is 14.0 Å². The minimum absolute atomic E-state index is 0.352. The van der Waals surface area contributed by atoms with E-state index >= 15 is 0 Å². The molecule has 2 atom stereocenters. The number of rotatable bonds is 9. The van der Waals surface area contributed by atoms with Gasteiger partial charge in [-0.05, 0) is 100.0 Å². The van der Waals surface area contributed by atoms with Crippen LogP contribution in [0.4, 0.5) is 4.79 Å². The molecular weight excluding hydrogens is 437 g/mol. The van der Waals surface area contributed by atoms with Crippen LogP contribution in [-0.4, -0.2) is 41.5 Å². The van der Waals surface area contributed by atoms with Crippen LogP contribution in [0.15, 0.2) is 42.0 Å². The average molecular weight is 486 g/mol. The van der Waals surface area contributed by atoms with Crippen LogP contribution in [0.5, 0.6) is 0 Å². The molecule has 1 aliphatic rings. The first-order chi connectivity index (χ1) is 16.0. The second kappa shape index (κ2) is 11.1. The topological polar surface area (TPSA) is 48.0 Å². The van der Waals surface area contributed by atoms with Crippen molar-refractivity contribution in [3.8, 4) is 0 Å². The van der Waals surface area contributed by atoms with E-state index in [0.29, 0.717) is 12.5 Å². The highest BCUT2D eigenvalue weighted by molar-refractivity contribution is 6.49. The van der Waals surface area contributed by atoms with Gasteiger partial charge >= 0.3 is 13.2 Å². The molecule has 1 aromatic carbocycles. The van der Waals surface area contributed by atoms with Crippen molar-refractivity contribution in [1.82, 2.24) is 4.90 Å². The Bertz CT molecular complexity index is 854. The standard InChI is InChI=1S/C29H48BNO4/c1-22(2)16-15-17-23(3)20-21-31(25(32)33-26(4,5)6)29(11,24-18-13-12-14-19-24)30-34-27(7,8)28(9,10)35-30/h12-14,16,18-19,23H,15,17,20-21H2,1-11H3. The zero-order chi connectivity index (χ0) is 26.7. The quantitative estimate of drug-likeness (QED) is 0.268. The zero-order valence-corrected chi connectivity index (χ0v) is 24.0. The van der Waals surface area contributed by atoms with E-state index < -0.39 is 29.4 Å². The minimum Gasteiger partial charge on any atom is -0.444 e. The summed E-state index contributed by atoms with van der Waals surface area (Å²) < 4.78 is 19.1. The lowest BCUT2D eigenvalue weighted by atomic mass is 9.60. The number of carbonyl (C=O) groups excluding carboxylic acids is 1. The summed E-state index contributed by atoms with van der Waals surface area (Å²) in [6, 6.07) is 10.1. The van der Waals surface area contributed by atoms with E-state index in [1.54, 1.807) is 0 Å². The molecule has 2 unspecified atom stereocenters. The van der Waals surface area contributed by atoms with Crippen molar-refractivity contribution >= 4 is 13.2 Å². The number of nitrogens with zero attached hydrogens (tertiary/aromatic N) is 1. The smallest absolute Gasteiger partial charge is 0.444 e. The van der Waals surface area contributed by atoms with E-state index in [-0.39, 0.29) is 6.09 Å². The van der Waals surface area contributed by atoms with Gasteiger partial charge < -0.3 is 14.0 Å². The molecule has 0 saturated carbocycles. The van der Waals surface area contributed by atoms with Gasteiger partial charge in [-0.15, -0.1) is 0 Å². The molecule has 1 heterocycles.